The number of aryl methyl sites for hydroxylation is 1. The predicted molar refractivity (Wildman–Crippen MR) is 52.8 cm³/mol. The fourth-order valence-electron chi connectivity index (χ4n) is 1.18. The summed E-state index contributed by atoms with van der Waals surface area (Å²) < 4.78 is 5.37. The van der Waals surface area contributed by atoms with Gasteiger partial charge in [0.05, 0.1) is 0 Å². The maximum atomic E-state index is 8.81. The zero-order valence-corrected chi connectivity index (χ0v) is 8.42. The molecule has 0 aromatic carbocycles. The van der Waals surface area contributed by atoms with Crippen molar-refractivity contribution in [1.29, 1.82) is 0 Å². The molecule has 0 unspecified atom stereocenters. The first-order valence-electron chi connectivity index (χ1n) is 4.49. The summed E-state index contributed by atoms with van der Waals surface area (Å²) in [6.07, 6.45) is 0.701. The quantitative estimate of drug-likeness (QED) is 0.751. The number of hydrogen-bond acceptors (Lipinski definition) is 3. The van der Waals surface area contributed by atoms with Crippen LogP contribution in [-0.4, -0.2) is 17.3 Å². The van der Waals surface area contributed by atoms with Gasteiger partial charge in [0.25, 0.3) is 0 Å². The largest absolute Gasteiger partial charge is 0.446 e. The smallest absolute Gasteiger partial charge is 0.193 e. The second-order valence-electron chi connectivity index (χ2n) is 3.89. The Hall–Kier alpha value is -0.960. The molecule has 0 amide bonds. The van der Waals surface area contributed by atoms with Crippen LogP contribution in [0, 0.1) is 6.92 Å². The van der Waals surface area contributed by atoms with Crippen LogP contribution in [0.25, 0.3) is 0 Å². The lowest BCUT2D eigenvalue weighted by Gasteiger charge is -2.24. The lowest BCUT2D eigenvalue weighted by atomic mass is 10.0. The summed E-state index contributed by atoms with van der Waals surface area (Å²) in [7, 11) is 0. The molecule has 0 aliphatic heterocycles. The summed E-state index contributed by atoms with van der Waals surface area (Å²) in [5.41, 5.74) is -0.126. The van der Waals surface area contributed by atoms with E-state index in [0.29, 0.717) is 6.42 Å². The third-order valence-electron chi connectivity index (χ3n) is 1.94. The van der Waals surface area contributed by atoms with Crippen molar-refractivity contribution in [1.82, 2.24) is 0 Å². The monoisotopic (exact) mass is 183 g/mol. The van der Waals surface area contributed by atoms with E-state index in [1.807, 2.05) is 32.9 Å². The van der Waals surface area contributed by atoms with Crippen LogP contribution in [-0.2, 0) is 0 Å². The third kappa shape index (κ3) is 3.11. The zero-order valence-electron chi connectivity index (χ0n) is 8.42. The van der Waals surface area contributed by atoms with Crippen LogP contribution in [0.15, 0.2) is 16.5 Å². The Labute approximate surface area is 78.8 Å². The van der Waals surface area contributed by atoms with Crippen LogP contribution in [0.1, 0.15) is 26.0 Å². The van der Waals surface area contributed by atoms with Gasteiger partial charge in [-0.15, -0.1) is 0 Å². The highest BCUT2D eigenvalue weighted by Crippen LogP contribution is 2.19. The van der Waals surface area contributed by atoms with Crippen molar-refractivity contribution < 1.29 is 9.52 Å². The minimum Gasteiger partial charge on any atom is -0.446 e. The van der Waals surface area contributed by atoms with Crippen LogP contribution in [0.3, 0.4) is 0 Å². The average molecular weight is 183 g/mol. The Bertz CT molecular complexity index is 266. The SMILES string of the molecule is Cc1ccc(NC(C)(C)CCO)o1. The van der Waals surface area contributed by atoms with Gasteiger partial charge < -0.3 is 14.8 Å². The van der Waals surface area contributed by atoms with Crippen molar-refractivity contribution in [3.05, 3.63) is 17.9 Å². The van der Waals surface area contributed by atoms with Crippen LogP contribution >= 0.6 is 0 Å². The zero-order chi connectivity index (χ0) is 9.90. The highest BCUT2D eigenvalue weighted by atomic mass is 16.4. The first-order valence-corrected chi connectivity index (χ1v) is 4.49. The van der Waals surface area contributed by atoms with Crippen molar-refractivity contribution in [2.75, 3.05) is 11.9 Å². The molecule has 3 heteroatoms. The third-order valence-corrected chi connectivity index (χ3v) is 1.94. The summed E-state index contributed by atoms with van der Waals surface area (Å²) in [6, 6.07) is 3.81. The van der Waals surface area contributed by atoms with E-state index in [1.54, 1.807) is 0 Å². The van der Waals surface area contributed by atoms with Gasteiger partial charge in [-0.25, -0.2) is 0 Å². The lowest BCUT2D eigenvalue weighted by Crippen LogP contribution is -2.31. The van der Waals surface area contributed by atoms with Gasteiger partial charge in [-0.3, -0.25) is 0 Å². The van der Waals surface area contributed by atoms with E-state index < -0.39 is 0 Å². The van der Waals surface area contributed by atoms with Crippen molar-refractivity contribution in [2.24, 2.45) is 0 Å². The first kappa shape index (κ1) is 10.1. The predicted octanol–water partition coefficient (Wildman–Crippen LogP) is 2.16. The van der Waals surface area contributed by atoms with E-state index >= 15 is 0 Å². The average Bonchev–Trinajstić information content (AvgIpc) is 2.34. The molecule has 1 heterocycles. The molecular weight excluding hydrogens is 166 g/mol. The van der Waals surface area contributed by atoms with E-state index in [2.05, 4.69) is 5.32 Å². The molecule has 0 atom stereocenters. The van der Waals surface area contributed by atoms with Crippen LogP contribution < -0.4 is 5.32 Å². The molecule has 1 aromatic heterocycles. The van der Waals surface area contributed by atoms with Gasteiger partial charge in [0.1, 0.15) is 5.76 Å². The van der Waals surface area contributed by atoms with Gasteiger partial charge in [0, 0.05) is 18.2 Å². The number of anilines is 1. The number of aliphatic hydroxyl groups excluding tert-OH is 1. The van der Waals surface area contributed by atoms with Gasteiger partial charge in [-0.2, -0.15) is 0 Å². The molecule has 0 fully saturated rings. The molecule has 0 saturated heterocycles. The van der Waals surface area contributed by atoms with Crippen molar-refractivity contribution in [2.45, 2.75) is 32.7 Å². The Morgan fingerprint density at radius 2 is 2.15 bits per heavy atom. The van der Waals surface area contributed by atoms with Crippen LogP contribution in [0.5, 0.6) is 0 Å². The summed E-state index contributed by atoms with van der Waals surface area (Å²) in [6.45, 7) is 6.14. The minimum absolute atomic E-state index is 0.126. The van der Waals surface area contributed by atoms with Crippen LogP contribution in [0.2, 0.25) is 0 Å². The Kier molecular flexibility index (Phi) is 2.98. The molecule has 0 aliphatic rings. The van der Waals surface area contributed by atoms with Gasteiger partial charge >= 0.3 is 0 Å². The van der Waals surface area contributed by atoms with Gasteiger partial charge in [0.2, 0.25) is 0 Å². The van der Waals surface area contributed by atoms with Crippen molar-refractivity contribution in [3.8, 4) is 0 Å². The Morgan fingerprint density at radius 3 is 2.62 bits per heavy atom. The van der Waals surface area contributed by atoms with Gasteiger partial charge in [-0.1, -0.05) is 0 Å². The molecule has 0 bridgehead atoms. The molecule has 74 valence electrons. The number of furan rings is 1. The first-order chi connectivity index (χ1) is 6.03. The molecule has 13 heavy (non-hydrogen) atoms. The second-order valence-corrected chi connectivity index (χ2v) is 3.89. The Morgan fingerprint density at radius 1 is 1.46 bits per heavy atom. The molecule has 1 aromatic rings. The summed E-state index contributed by atoms with van der Waals surface area (Å²) in [5, 5.41) is 12.0. The molecule has 3 nitrogen and oxygen atoms in total. The molecule has 0 saturated carbocycles. The summed E-state index contributed by atoms with van der Waals surface area (Å²) in [5.74, 6) is 1.65. The highest BCUT2D eigenvalue weighted by molar-refractivity contribution is 5.34. The molecule has 0 spiro atoms. The normalized spacial score (nSPS) is 11.7. The van der Waals surface area contributed by atoms with Crippen molar-refractivity contribution in [3.63, 3.8) is 0 Å². The van der Waals surface area contributed by atoms with E-state index in [4.69, 9.17) is 9.52 Å². The summed E-state index contributed by atoms with van der Waals surface area (Å²) >= 11 is 0. The number of rotatable bonds is 4. The van der Waals surface area contributed by atoms with Gasteiger partial charge in [-0.05, 0) is 33.3 Å². The maximum absolute atomic E-state index is 8.81. The molecule has 0 aliphatic carbocycles. The van der Waals surface area contributed by atoms with Crippen LogP contribution in [0.4, 0.5) is 5.88 Å². The highest BCUT2D eigenvalue weighted by Gasteiger charge is 2.17. The Balaban J connectivity index is 2.57. The van der Waals surface area contributed by atoms with E-state index in [9.17, 15) is 0 Å². The number of hydrogen-bond donors (Lipinski definition) is 2. The molecule has 1 rings (SSSR count). The van der Waals surface area contributed by atoms with E-state index in [-0.39, 0.29) is 12.1 Å². The second kappa shape index (κ2) is 3.83. The van der Waals surface area contributed by atoms with E-state index in [0.717, 1.165) is 11.6 Å². The maximum Gasteiger partial charge on any atom is 0.193 e. The molecule has 2 N–H and O–H groups in total. The summed E-state index contributed by atoms with van der Waals surface area (Å²) in [4.78, 5) is 0. The van der Waals surface area contributed by atoms with Crippen molar-refractivity contribution >= 4 is 5.88 Å². The number of aliphatic hydroxyl groups is 1. The lowest BCUT2D eigenvalue weighted by molar-refractivity contribution is 0.259. The number of nitrogens with one attached hydrogen (secondary N) is 1. The standard InChI is InChI=1S/C10H17NO2/c1-8-4-5-9(13-8)11-10(2,3)6-7-12/h4-5,11-12H,6-7H2,1-3H3. The molecular formula is C10H17NO2. The minimum atomic E-state index is -0.126. The molecule has 0 radical (unpaired) electrons. The van der Waals surface area contributed by atoms with Gasteiger partial charge in [0.15, 0.2) is 5.88 Å². The topological polar surface area (TPSA) is 45.4 Å². The fourth-order valence-corrected chi connectivity index (χ4v) is 1.18. The fraction of sp³-hybridized carbons (Fsp3) is 0.600. The van der Waals surface area contributed by atoms with E-state index in [1.165, 1.54) is 0 Å².